The van der Waals surface area contributed by atoms with E-state index >= 15 is 0 Å². The zero-order valence-electron chi connectivity index (χ0n) is 10.6. The molecule has 0 aliphatic carbocycles. The van der Waals surface area contributed by atoms with E-state index in [9.17, 15) is 9.90 Å². The van der Waals surface area contributed by atoms with Gasteiger partial charge in [-0.05, 0) is 25.3 Å². The number of aliphatic hydroxyl groups is 1. The Balaban J connectivity index is 2.54. The van der Waals surface area contributed by atoms with Gasteiger partial charge in [0.1, 0.15) is 12.2 Å². The molecular formula is C14H17NO3. The molecule has 1 aromatic carbocycles. The molecule has 1 N–H and O–H groups in total. The summed E-state index contributed by atoms with van der Waals surface area (Å²) in [5.41, 5.74) is 0.670. The number of carbonyl (C=O) groups excluding carboxylic acids is 1. The van der Waals surface area contributed by atoms with E-state index in [4.69, 9.17) is 4.74 Å². The fraction of sp³-hybridized carbons (Fsp3) is 0.357. The summed E-state index contributed by atoms with van der Waals surface area (Å²) in [7, 11) is 0. The molecule has 0 saturated carbocycles. The molecule has 1 amide bonds. The second kappa shape index (κ2) is 7.36. The number of rotatable bonds is 3. The van der Waals surface area contributed by atoms with Gasteiger partial charge in [0.05, 0.1) is 0 Å². The van der Waals surface area contributed by atoms with Gasteiger partial charge in [0.15, 0.2) is 0 Å². The van der Waals surface area contributed by atoms with E-state index in [0.717, 1.165) is 0 Å². The van der Waals surface area contributed by atoms with Crippen LogP contribution in [0.3, 0.4) is 0 Å². The van der Waals surface area contributed by atoms with Crippen LogP contribution in [-0.2, 0) is 4.74 Å². The summed E-state index contributed by atoms with van der Waals surface area (Å²) in [4.78, 5) is 12.9. The van der Waals surface area contributed by atoms with E-state index in [-0.39, 0.29) is 0 Å². The molecule has 1 aromatic rings. The minimum atomic E-state index is -0.948. The Morgan fingerprint density at radius 2 is 1.94 bits per heavy atom. The minimum Gasteiger partial charge on any atom is -0.376 e. The highest BCUT2D eigenvalue weighted by molar-refractivity contribution is 5.68. The Labute approximate surface area is 107 Å². The zero-order valence-corrected chi connectivity index (χ0v) is 10.6. The number of carbonyl (C=O) groups is 1. The van der Waals surface area contributed by atoms with E-state index in [2.05, 4.69) is 12.0 Å². The molecule has 0 radical (unpaired) electrons. The Morgan fingerprint density at radius 1 is 1.33 bits per heavy atom. The number of nitrogens with zero attached hydrogens (tertiary/aromatic N) is 1. The van der Waals surface area contributed by atoms with Crippen molar-refractivity contribution in [1.29, 1.82) is 0 Å². The average molecular weight is 247 g/mol. The SMILES string of the molecule is CCN(CC)C(=O)OC#CC(O)c1ccccc1. The largest absolute Gasteiger partial charge is 0.423 e. The monoisotopic (exact) mass is 247 g/mol. The summed E-state index contributed by atoms with van der Waals surface area (Å²) in [6.07, 6.45) is 0.800. The lowest BCUT2D eigenvalue weighted by atomic mass is 10.1. The van der Waals surface area contributed by atoms with Crippen molar-refractivity contribution < 1.29 is 14.6 Å². The maximum absolute atomic E-state index is 11.4. The van der Waals surface area contributed by atoms with Gasteiger partial charge in [-0.3, -0.25) is 0 Å². The smallest absolute Gasteiger partial charge is 0.376 e. The molecule has 96 valence electrons. The molecule has 0 fully saturated rings. The number of benzene rings is 1. The van der Waals surface area contributed by atoms with Gasteiger partial charge in [-0.25, -0.2) is 4.79 Å². The maximum Gasteiger partial charge on any atom is 0.423 e. The fourth-order valence-corrected chi connectivity index (χ4v) is 1.39. The van der Waals surface area contributed by atoms with Gasteiger partial charge in [-0.1, -0.05) is 30.3 Å². The Kier molecular flexibility index (Phi) is 5.75. The van der Waals surface area contributed by atoms with E-state index in [0.29, 0.717) is 18.7 Å². The van der Waals surface area contributed by atoms with Crippen molar-refractivity contribution in [2.24, 2.45) is 0 Å². The minimum absolute atomic E-state index is 0.493. The third-order valence-electron chi connectivity index (χ3n) is 2.47. The molecule has 4 nitrogen and oxygen atoms in total. The molecule has 1 rings (SSSR count). The Bertz CT molecular complexity index is 429. The molecule has 0 aromatic heterocycles. The second-order valence-corrected chi connectivity index (χ2v) is 3.60. The van der Waals surface area contributed by atoms with Gasteiger partial charge in [0.2, 0.25) is 0 Å². The molecule has 0 aliphatic rings. The first kappa shape index (κ1) is 14.1. The molecule has 18 heavy (non-hydrogen) atoms. The van der Waals surface area contributed by atoms with E-state index in [1.807, 2.05) is 32.0 Å². The third kappa shape index (κ3) is 4.11. The van der Waals surface area contributed by atoms with Crippen LogP contribution in [0.2, 0.25) is 0 Å². The fourth-order valence-electron chi connectivity index (χ4n) is 1.39. The van der Waals surface area contributed by atoms with E-state index < -0.39 is 12.2 Å². The van der Waals surface area contributed by atoms with Crippen molar-refractivity contribution in [2.75, 3.05) is 13.1 Å². The first-order chi connectivity index (χ1) is 8.69. The summed E-state index contributed by atoms with van der Waals surface area (Å²) < 4.78 is 4.74. The highest BCUT2D eigenvalue weighted by atomic mass is 16.5. The quantitative estimate of drug-likeness (QED) is 0.833. The van der Waals surface area contributed by atoms with Crippen molar-refractivity contribution in [3.63, 3.8) is 0 Å². The lowest BCUT2D eigenvalue weighted by Crippen LogP contribution is -2.30. The molecule has 4 heteroatoms. The second-order valence-electron chi connectivity index (χ2n) is 3.60. The average Bonchev–Trinajstić information content (AvgIpc) is 2.41. The molecule has 0 saturated heterocycles. The van der Waals surface area contributed by atoms with Gasteiger partial charge < -0.3 is 14.7 Å². The van der Waals surface area contributed by atoms with Crippen LogP contribution in [0.25, 0.3) is 0 Å². The van der Waals surface area contributed by atoms with Crippen LogP contribution in [0.4, 0.5) is 4.79 Å². The van der Waals surface area contributed by atoms with Crippen molar-refractivity contribution in [3.8, 4) is 12.0 Å². The van der Waals surface area contributed by atoms with Crippen LogP contribution in [-0.4, -0.2) is 29.2 Å². The van der Waals surface area contributed by atoms with Crippen LogP contribution in [0.15, 0.2) is 30.3 Å². The lowest BCUT2D eigenvalue weighted by Gasteiger charge is -2.14. The van der Waals surface area contributed by atoms with Gasteiger partial charge in [0, 0.05) is 13.1 Å². The number of ether oxygens (including phenoxy) is 1. The molecule has 0 heterocycles. The van der Waals surface area contributed by atoms with Crippen molar-refractivity contribution >= 4 is 6.09 Å². The van der Waals surface area contributed by atoms with Crippen molar-refractivity contribution in [2.45, 2.75) is 20.0 Å². The predicted octanol–water partition coefficient (Wildman–Crippen LogP) is 2.16. The van der Waals surface area contributed by atoms with Crippen LogP contribution in [0.1, 0.15) is 25.5 Å². The molecule has 1 unspecified atom stereocenters. The highest BCUT2D eigenvalue weighted by Gasteiger charge is 2.09. The van der Waals surface area contributed by atoms with Gasteiger partial charge in [-0.15, -0.1) is 0 Å². The van der Waals surface area contributed by atoms with Crippen LogP contribution < -0.4 is 0 Å². The molecule has 1 atom stereocenters. The summed E-state index contributed by atoms with van der Waals surface area (Å²) in [6, 6.07) is 8.98. The van der Waals surface area contributed by atoms with Crippen LogP contribution in [0.5, 0.6) is 0 Å². The Hall–Kier alpha value is -1.99. The normalized spacial score (nSPS) is 11.1. The summed E-state index contributed by atoms with van der Waals surface area (Å²) in [5.74, 6) is 2.47. The van der Waals surface area contributed by atoms with Gasteiger partial charge in [0.25, 0.3) is 0 Å². The van der Waals surface area contributed by atoms with E-state index in [1.165, 1.54) is 4.90 Å². The summed E-state index contributed by atoms with van der Waals surface area (Å²) in [6.45, 7) is 4.85. The standard InChI is InChI=1S/C14H17NO3/c1-3-15(4-2)14(17)18-11-10-13(16)12-8-6-5-7-9-12/h5-9,13,16H,3-4H2,1-2H3. The van der Waals surface area contributed by atoms with Crippen molar-refractivity contribution in [3.05, 3.63) is 35.9 Å². The first-order valence-corrected chi connectivity index (χ1v) is 5.88. The van der Waals surface area contributed by atoms with Crippen LogP contribution in [0, 0.1) is 12.0 Å². The van der Waals surface area contributed by atoms with Crippen LogP contribution >= 0.6 is 0 Å². The molecule has 0 aliphatic heterocycles. The topological polar surface area (TPSA) is 49.8 Å². The number of aliphatic hydroxyl groups excluding tert-OH is 1. The van der Waals surface area contributed by atoms with E-state index in [1.54, 1.807) is 12.1 Å². The summed E-state index contributed by atoms with van der Waals surface area (Å²) >= 11 is 0. The summed E-state index contributed by atoms with van der Waals surface area (Å²) in [5, 5.41) is 9.71. The number of hydrogen-bond acceptors (Lipinski definition) is 3. The Morgan fingerprint density at radius 3 is 2.50 bits per heavy atom. The maximum atomic E-state index is 11.4. The zero-order chi connectivity index (χ0) is 13.4. The molecular weight excluding hydrogens is 230 g/mol. The lowest BCUT2D eigenvalue weighted by molar-refractivity contribution is 0.147. The molecule has 0 spiro atoms. The van der Waals surface area contributed by atoms with Gasteiger partial charge >= 0.3 is 6.09 Å². The highest BCUT2D eigenvalue weighted by Crippen LogP contribution is 2.10. The molecule has 0 bridgehead atoms. The van der Waals surface area contributed by atoms with Gasteiger partial charge in [-0.2, -0.15) is 0 Å². The number of amides is 1. The third-order valence-corrected chi connectivity index (χ3v) is 2.47. The first-order valence-electron chi connectivity index (χ1n) is 5.88. The number of hydrogen-bond donors (Lipinski definition) is 1. The van der Waals surface area contributed by atoms with Crippen molar-refractivity contribution in [1.82, 2.24) is 4.90 Å². The predicted molar refractivity (Wildman–Crippen MR) is 68.6 cm³/mol.